The zero-order valence-corrected chi connectivity index (χ0v) is 9.95. The van der Waals surface area contributed by atoms with Gasteiger partial charge in [-0.15, -0.1) is 11.3 Å². The molecule has 0 bridgehead atoms. The molecule has 1 heterocycles. The summed E-state index contributed by atoms with van der Waals surface area (Å²) in [5.74, 6) is 0. The van der Waals surface area contributed by atoms with Crippen molar-refractivity contribution in [3.8, 4) is 0 Å². The molecule has 14 heavy (non-hydrogen) atoms. The van der Waals surface area contributed by atoms with Crippen molar-refractivity contribution in [2.75, 3.05) is 13.1 Å². The second-order valence-corrected chi connectivity index (χ2v) is 4.51. The highest BCUT2D eigenvalue weighted by Crippen LogP contribution is 2.07. The van der Waals surface area contributed by atoms with Gasteiger partial charge >= 0.3 is 0 Å². The largest absolute Gasteiger partial charge is 0.315 e. The molecular formula is C10H19N3S. The minimum absolute atomic E-state index is 0.497. The first kappa shape index (κ1) is 11.6. The number of hydrogen-bond donors (Lipinski definition) is 2. The summed E-state index contributed by atoms with van der Waals surface area (Å²) >= 11 is 1.71. The average molecular weight is 213 g/mol. The van der Waals surface area contributed by atoms with Gasteiger partial charge in [-0.25, -0.2) is 4.98 Å². The Balaban J connectivity index is 2.20. The van der Waals surface area contributed by atoms with Gasteiger partial charge in [0.1, 0.15) is 0 Å². The first-order valence-corrected chi connectivity index (χ1v) is 5.95. The SMILES string of the molecule is CCNCC(C)NCc1csc(C)n1. The molecule has 0 saturated carbocycles. The summed E-state index contributed by atoms with van der Waals surface area (Å²) in [6.07, 6.45) is 0. The molecule has 2 N–H and O–H groups in total. The number of nitrogens with one attached hydrogen (secondary N) is 2. The smallest absolute Gasteiger partial charge is 0.0897 e. The molecular weight excluding hydrogens is 194 g/mol. The lowest BCUT2D eigenvalue weighted by Gasteiger charge is -2.12. The van der Waals surface area contributed by atoms with E-state index in [-0.39, 0.29) is 0 Å². The van der Waals surface area contributed by atoms with E-state index >= 15 is 0 Å². The monoisotopic (exact) mass is 213 g/mol. The van der Waals surface area contributed by atoms with E-state index in [0.29, 0.717) is 6.04 Å². The van der Waals surface area contributed by atoms with Gasteiger partial charge in [0.2, 0.25) is 0 Å². The third-order valence-corrected chi connectivity index (χ3v) is 2.82. The van der Waals surface area contributed by atoms with Crippen LogP contribution in [-0.2, 0) is 6.54 Å². The Morgan fingerprint density at radius 3 is 2.93 bits per heavy atom. The standard InChI is InChI=1S/C10H19N3S/c1-4-11-5-8(2)12-6-10-7-14-9(3)13-10/h7-8,11-12H,4-6H2,1-3H3. The Morgan fingerprint density at radius 1 is 1.57 bits per heavy atom. The lowest BCUT2D eigenvalue weighted by Crippen LogP contribution is -2.35. The van der Waals surface area contributed by atoms with E-state index in [1.807, 2.05) is 6.92 Å². The highest BCUT2D eigenvalue weighted by molar-refractivity contribution is 7.09. The van der Waals surface area contributed by atoms with Crippen LogP contribution in [-0.4, -0.2) is 24.1 Å². The third kappa shape index (κ3) is 4.17. The summed E-state index contributed by atoms with van der Waals surface area (Å²) in [5, 5.41) is 9.99. The van der Waals surface area contributed by atoms with Crippen LogP contribution >= 0.6 is 11.3 Å². The van der Waals surface area contributed by atoms with E-state index in [4.69, 9.17) is 0 Å². The van der Waals surface area contributed by atoms with Crippen molar-refractivity contribution in [1.29, 1.82) is 0 Å². The average Bonchev–Trinajstić information content (AvgIpc) is 2.58. The van der Waals surface area contributed by atoms with Crippen molar-refractivity contribution in [1.82, 2.24) is 15.6 Å². The topological polar surface area (TPSA) is 37.0 Å². The van der Waals surface area contributed by atoms with Gasteiger partial charge in [0.15, 0.2) is 0 Å². The van der Waals surface area contributed by atoms with Crippen molar-refractivity contribution in [2.45, 2.75) is 33.4 Å². The maximum atomic E-state index is 4.40. The maximum absolute atomic E-state index is 4.40. The van der Waals surface area contributed by atoms with Gasteiger partial charge in [-0.3, -0.25) is 0 Å². The van der Waals surface area contributed by atoms with Crippen LogP contribution in [0.3, 0.4) is 0 Å². The number of aryl methyl sites for hydroxylation is 1. The Kier molecular flexibility index (Phi) is 5.07. The Bertz CT molecular complexity index is 260. The van der Waals surface area contributed by atoms with Crippen LogP contribution < -0.4 is 10.6 Å². The number of rotatable bonds is 6. The molecule has 0 amide bonds. The first-order valence-electron chi connectivity index (χ1n) is 5.07. The number of hydrogen-bond acceptors (Lipinski definition) is 4. The molecule has 0 radical (unpaired) electrons. The summed E-state index contributed by atoms with van der Waals surface area (Å²) in [6, 6.07) is 0.497. The van der Waals surface area contributed by atoms with E-state index in [9.17, 15) is 0 Å². The summed E-state index contributed by atoms with van der Waals surface area (Å²) < 4.78 is 0. The molecule has 0 aliphatic heterocycles. The molecule has 0 fully saturated rings. The molecule has 0 aliphatic rings. The molecule has 0 saturated heterocycles. The Morgan fingerprint density at radius 2 is 2.36 bits per heavy atom. The maximum Gasteiger partial charge on any atom is 0.0897 e. The predicted octanol–water partition coefficient (Wildman–Crippen LogP) is 1.54. The molecule has 1 aromatic rings. The van der Waals surface area contributed by atoms with Crippen LogP contribution in [0.1, 0.15) is 24.5 Å². The zero-order chi connectivity index (χ0) is 10.4. The van der Waals surface area contributed by atoms with Gasteiger partial charge < -0.3 is 10.6 Å². The van der Waals surface area contributed by atoms with Crippen LogP contribution in [0.25, 0.3) is 0 Å². The van der Waals surface area contributed by atoms with Gasteiger partial charge in [0.05, 0.1) is 10.7 Å². The molecule has 1 aromatic heterocycles. The van der Waals surface area contributed by atoms with Crippen molar-refractivity contribution in [2.24, 2.45) is 0 Å². The van der Waals surface area contributed by atoms with E-state index < -0.39 is 0 Å². The Hall–Kier alpha value is -0.450. The van der Waals surface area contributed by atoms with Crippen LogP contribution in [0.2, 0.25) is 0 Å². The van der Waals surface area contributed by atoms with E-state index in [2.05, 4.69) is 34.8 Å². The fourth-order valence-corrected chi connectivity index (χ4v) is 1.81. The van der Waals surface area contributed by atoms with Gasteiger partial charge in [-0.2, -0.15) is 0 Å². The van der Waals surface area contributed by atoms with Gasteiger partial charge in [0, 0.05) is 24.5 Å². The minimum Gasteiger partial charge on any atom is -0.315 e. The van der Waals surface area contributed by atoms with Crippen LogP contribution in [0.15, 0.2) is 5.38 Å². The molecule has 1 rings (SSSR count). The van der Waals surface area contributed by atoms with Crippen LogP contribution in [0.5, 0.6) is 0 Å². The first-order chi connectivity index (χ1) is 6.72. The van der Waals surface area contributed by atoms with E-state index in [0.717, 1.165) is 30.3 Å². The van der Waals surface area contributed by atoms with Crippen molar-refractivity contribution in [3.05, 3.63) is 16.1 Å². The highest BCUT2D eigenvalue weighted by Gasteiger charge is 2.02. The summed E-state index contributed by atoms with van der Waals surface area (Å²) in [6.45, 7) is 9.26. The number of likely N-dealkylation sites (N-methyl/N-ethyl adjacent to an activating group) is 1. The number of nitrogens with zero attached hydrogens (tertiary/aromatic N) is 1. The van der Waals surface area contributed by atoms with Crippen molar-refractivity contribution in [3.63, 3.8) is 0 Å². The van der Waals surface area contributed by atoms with Gasteiger partial charge in [0.25, 0.3) is 0 Å². The van der Waals surface area contributed by atoms with Crippen LogP contribution in [0, 0.1) is 6.92 Å². The molecule has 1 atom stereocenters. The molecule has 4 heteroatoms. The van der Waals surface area contributed by atoms with E-state index in [1.54, 1.807) is 11.3 Å². The van der Waals surface area contributed by atoms with Gasteiger partial charge in [-0.1, -0.05) is 6.92 Å². The minimum atomic E-state index is 0.497. The summed E-state index contributed by atoms with van der Waals surface area (Å²) in [4.78, 5) is 4.40. The lowest BCUT2D eigenvalue weighted by atomic mass is 10.3. The fourth-order valence-electron chi connectivity index (χ4n) is 1.20. The molecule has 80 valence electrons. The third-order valence-electron chi connectivity index (χ3n) is 2.00. The number of aromatic nitrogens is 1. The summed E-state index contributed by atoms with van der Waals surface area (Å²) in [5.41, 5.74) is 1.15. The lowest BCUT2D eigenvalue weighted by molar-refractivity contribution is 0.506. The van der Waals surface area contributed by atoms with Crippen molar-refractivity contribution >= 4 is 11.3 Å². The predicted molar refractivity (Wildman–Crippen MR) is 61.7 cm³/mol. The number of thiazole rings is 1. The molecule has 0 aliphatic carbocycles. The van der Waals surface area contributed by atoms with E-state index in [1.165, 1.54) is 0 Å². The second kappa shape index (κ2) is 6.11. The molecule has 1 unspecified atom stereocenters. The van der Waals surface area contributed by atoms with Crippen molar-refractivity contribution < 1.29 is 0 Å². The molecule has 3 nitrogen and oxygen atoms in total. The Labute approximate surface area is 89.9 Å². The quantitative estimate of drug-likeness (QED) is 0.752. The normalized spacial score (nSPS) is 13.1. The zero-order valence-electron chi connectivity index (χ0n) is 9.13. The molecule has 0 aromatic carbocycles. The van der Waals surface area contributed by atoms with Gasteiger partial charge in [-0.05, 0) is 20.4 Å². The molecule has 0 spiro atoms. The summed E-state index contributed by atoms with van der Waals surface area (Å²) in [7, 11) is 0. The second-order valence-electron chi connectivity index (χ2n) is 3.45. The van der Waals surface area contributed by atoms with Crippen LogP contribution in [0.4, 0.5) is 0 Å². The highest BCUT2D eigenvalue weighted by atomic mass is 32.1. The fraction of sp³-hybridized carbons (Fsp3) is 0.700.